The van der Waals surface area contributed by atoms with Gasteiger partial charge in [0, 0.05) is 17.8 Å². The number of carbonyl (C=O) groups is 1. The molecule has 2 aliphatic rings. The monoisotopic (exact) mass is 362 g/mol. The normalized spacial score (nSPS) is 21.2. The van der Waals surface area contributed by atoms with Crippen molar-refractivity contribution in [3.05, 3.63) is 20.8 Å². The van der Waals surface area contributed by atoms with E-state index in [4.69, 9.17) is 4.98 Å². The molecule has 1 saturated carbocycles. The second-order valence-electron chi connectivity index (χ2n) is 6.65. The van der Waals surface area contributed by atoms with Crippen molar-refractivity contribution >= 4 is 39.1 Å². The Morgan fingerprint density at radius 2 is 1.96 bits per heavy atom. The smallest absolute Gasteiger partial charge is 0.263 e. The summed E-state index contributed by atoms with van der Waals surface area (Å²) in [7, 11) is 0. The van der Waals surface area contributed by atoms with Gasteiger partial charge in [0.1, 0.15) is 10.6 Å². The second-order valence-corrected chi connectivity index (χ2v) is 8.91. The number of thioether (sulfide) groups is 1. The maximum absolute atomic E-state index is 13.1. The molecule has 4 nitrogen and oxygen atoms in total. The minimum atomic E-state index is -0.0320. The Balaban J connectivity index is 1.80. The molecule has 24 heavy (non-hydrogen) atoms. The van der Waals surface area contributed by atoms with Crippen molar-refractivity contribution in [2.24, 2.45) is 0 Å². The molecule has 2 aromatic heterocycles. The molecule has 1 fully saturated rings. The number of ketones is 1. The number of carbonyl (C=O) groups excluding carboxylic acids is 1. The molecule has 0 spiro atoms. The first kappa shape index (κ1) is 16.3. The molecular formula is C18H22N2O2S2. The molecule has 2 aromatic rings. The number of aryl methyl sites for hydroxylation is 2. The molecule has 2 aliphatic carbocycles. The number of thiophene rings is 1. The third kappa shape index (κ3) is 2.73. The summed E-state index contributed by atoms with van der Waals surface area (Å²) in [6.45, 7) is 2.59. The number of fused-ring (bicyclic) bond motifs is 3. The van der Waals surface area contributed by atoms with E-state index in [1.54, 1.807) is 15.9 Å². The van der Waals surface area contributed by atoms with Gasteiger partial charge < -0.3 is 0 Å². The van der Waals surface area contributed by atoms with E-state index in [9.17, 15) is 9.59 Å². The molecule has 0 unspecified atom stereocenters. The van der Waals surface area contributed by atoms with Crippen LogP contribution >= 0.6 is 23.1 Å². The van der Waals surface area contributed by atoms with Gasteiger partial charge in [-0.05, 0) is 51.0 Å². The van der Waals surface area contributed by atoms with Gasteiger partial charge in [0.15, 0.2) is 5.16 Å². The Kier molecular flexibility index (Phi) is 4.52. The van der Waals surface area contributed by atoms with Crippen molar-refractivity contribution in [3.8, 4) is 0 Å². The summed E-state index contributed by atoms with van der Waals surface area (Å²) in [5.74, 6) is 0.314. The van der Waals surface area contributed by atoms with Gasteiger partial charge in [-0.25, -0.2) is 4.98 Å². The van der Waals surface area contributed by atoms with Crippen molar-refractivity contribution in [2.75, 3.05) is 0 Å². The molecule has 128 valence electrons. The van der Waals surface area contributed by atoms with Crippen LogP contribution in [0.25, 0.3) is 10.2 Å². The highest BCUT2D eigenvalue weighted by molar-refractivity contribution is 8.00. The molecule has 0 radical (unpaired) electrons. The molecule has 0 N–H and O–H groups in total. The molecule has 0 amide bonds. The van der Waals surface area contributed by atoms with E-state index < -0.39 is 0 Å². The quantitative estimate of drug-likeness (QED) is 0.776. The highest BCUT2D eigenvalue weighted by atomic mass is 32.2. The maximum Gasteiger partial charge on any atom is 0.263 e. The van der Waals surface area contributed by atoms with Crippen LogP contribution in [0.4, 0.5) is 0 Å². The third-order valence-corrected chi connectivity index (χ3v) is 7.59. The van der Waals surface area contributed by atoms with Crippen LogP contribution in [0.5, 0.6) is 0 Å². The summed E-state index contributed by atoms with van der Waals surface area (Å²) in [5, 5.41) is 1.54. The van der Waals surface area contributed by atoms with Crippen molar-refractivity contribution in [2.45, 2.75) is 75.2 Å². The molecule has 0 saturated heterocycles. The number of nitrogens with zero attached hydrogens (tertiary/aromatic N) is 2. The van der Waals surface area contributed by atoms with Crippen molar-refractivity contribution in [1.82, 2.24) is 9.55 Å². The van der Waals surface area contributed by atoms with Crippen LogP contribution in [0.1, 0.15) is 55.9 Å². The minimum Gasteiger partial charge on any atom is -0.298 e. The van der Waals surface area contributed by atoms with Crippen molar-refractivity contribution in [1.29, 1.82) is 0 Å². The zero-order valence-electron chi connectivity index (χ0n) is 14.0. The van der Waals surface area contributed by atoms with E-state index >= 15 is 0 Å². The first-order chi connectivity index (χ1) is 11.7. The molecule has 6 heteroatoms. The fraction of sp³-hybridized carbons (Fsp3) is 0.611. The maximum atomic E-state index is 13.1. The van der Waals surface area contributed by atoms with E-state index in [2.05, 4.69) is 0 Å². The fourth-order valence-electron chi connectivity index (χ4n) is 3.79. The lowest BCUT2D eigenvalue weighted by atomic mass is 9.97. The lowest BCUT2D eigenvalue weighted by Crippen LogP contribution is -2.26. The fourth-order valence-corrected chi connectivity index (χ4v) is 6.37. The molecular weight excluding hydrogens is 340 g/mol. The predicted molar refractivity (Wildman–Crippen MR) is 99.3 cm³/mol. The van der Waals surface area contributed by atoms with Crippen molar-refractivity contribution in [3.63, 3.8) is 0 Å². The number of rotatable bonds is 3. The topological polar surface area (TPSA) is 52.0 Å². The second kappa shape index (κ2) is 6.64. The van der Waals surface area contributed by atoms with Crippen LogP contribution in [-0.4, -0.2) is 20.6 Å². The Hall–Kier alpha value is -1.14. The highest BCUT2D eigenvalue weighted by Gasteiger charge is 2.27. The summed E-state index contributed by atoms with van der Waals surface area (Å²) in [5.41, 5.74) is 1.33. The van der Waals surface area contributed by atoms with E-state index in [1.165, 1.54) is 28.6 Å². The van der Waals surface area contributed by atoms with Gasteiger partial charge >= 0.3 is 0 Å². The van der Waals surface area contributed by atoms with E-state index in [0.29, 0.717) is 18.7 Å². The Bertz CT molecular complexity index is 853. The van der Waals surface area contributed by atoms with Gasteiger partial charge in [-0.3, -0.25) is 14.2 Å². The Labute approximate surface area is 149 Å². The van der Waals surface area contributed by atoms with Gasteiger partial charge in [0.25, 0.3) is 5.56 Å². The minimum absolute atomic E-state index is 0.0320. The number of aromatic nitrogens is 2. The zero-order chi connectivity index (χ0) is 16.7. The lowest BCUT2D eigenvalue weighted by molar-refractivity contribution is -0.119. The van der Waals surface area contributed by atoms with Gasteiger partial charge in [-0.2, -0.15) is 0 Å². The summed E-state index contributed by atoms with van der Waals surface area (Å²) in [4.78, 5) is 32.3. The first-order valence-corrected chi connectivity index (χ1v) is 10.6. The average molecular weight is 363 g/mol. The molecule has 1 atom stereocenters. The molecule has 0 bridgehead atoms. The van der Waals surface area contributed by atoms with Crippen LogP contribution < -0.4 is 5.56 Å². The predicted octanol–water partition coefficient (Wildman–Crippen LogP) is 3.96. The number of Topliss-reactive ketones (excluding diaryl/α,β-unsaturated/α-hetero) is 1. The Morgan fingerprint density at radius 3 is 2.75 bits per heavy atom. The average Bonchev–Trinajstić information content (AvgIpc) is 2.95. The Morgan fingerprint density at radius 1 is 1.17 bits per heavy atom. The van der Waals surface area contributed by atoms with Gasteiger partial charge in [0.2, 0.25) is 0 Å². The number of hydrogen-bond donors (Lipinski definition) is 0. The molecule has 4 rings (SSSR count). The van der Waals surface area contributed by atoms with Crippen LogP contribution in [0.2, 0.25) is 0 Å². The first-order valence-electron chi connectivity index (χ1n) is 8.93. The number of hydrogen-bond acceptors (Lipinski definition) is 5. The van der Waals surface area contributed by atoms with Crippen LogP contribution in [0, 0.1) is 0 Å². The van der Waals surface area contributed by atoms with Crippen LogP contribution in [-0.2, 0) is 24.2 Å². The SMILES string of the molecule is CCn1c(S[C@@H]2CCCCC2=O)nc2sc3c(c2c1=O)CCCC3. The third-order valence-electron chi connectivity index (χ3n) is 5.10. The van der Waals surface area contributed by atoms with Crippen LogP contribution in [0.15, 0.2) is 9.95 Å². The van der Waals surface area contributed by atoms with Gasteiger partial charge in [0.05, 0.1) is 10.6 Å². The summed E-state index contributed by atoms with van der Waals surface area (Å²) in [6.07, 6.45) is 8.12. The highest BCUT2D eigenvalue weighted by Crippen LogP contribution is 2.36. The van der Waals surface area contributed by atoms with Crippen molar-refractivity contribution < 1.29 is 4.79 Å². The summed E-state index contributed by atoms with van der Waals surface area (Å²) < 4.78 is 1.77. The molecule has 0 aromatic carbocycles. The van der Waals surface area contributed by atoms with Gasteiger partial charge in [-0.1, -0.05) is 18.2 Å². The lowest BCUT2D eigenvalue weighted by Gasteiger charge is -2.20. The van der Waals surface area contributed by atoms with E-state index in [1.807, 2.05) is 6.92 Å². The standard InChI is InChI=1S/C18H22N2O2S2/c1-2-20-17(22)15-11-7-3-5-9-13(11)23-16(15)19-18(20)24-14-10-6-4-8-12(14)21/h14H,2-10H2,1H3/t14-/m1/s1. The molecule has 2 heterocycles. The van der Waals surface area contributed by atoms with Gasteiger partial charge in [-0.15, -0.1) is 11.3 Å². The van der Waals surface area contributed by atoms with E-state index in [0.717, 1.165) is 53.9 Å². The molecule has 0 aliphatic heterocycles. The zero-order valence-corrected chi connectivity index (χ0v) is 15.6. The summed E-state index contributed by atoms with van der Waals surface area (Å²) >= 11 is 3.20. The summed E-state index contributed by atoms with van der Waals surface area (Å²) in [6, 6.07) is 0. The van der Waals surface area contributed by atoms with Crippen LogP contribution in [0.3, 0.4) is 0 Å². The van der Waals surface area contributed by atoms with E-state index in [-0.39, 0.29) is 10.8 Å². The largest absolute Gasteiger partial charge is 0.298 e.